The van der Waals surface area contributed by atoms with Crippen molar-refractivity contribution in [3.63, 3.8) is 0 Å². The molecule has 1 fully saturated rings. The molecule has 0 radical (unpaired) electrons. The summed E-state index contributed by atoms with van der Waals surface area (Å²) in [7, 11) is 0. The first-order valence-electron chi connectivity index (χ1n) is 5.79. The second-order valence-electron chi connectivity index (χ2n) is 5.00. The van der Waals surface area contributed by atoms with Gasteiger partial charge in [0.2, 0.25) is 0 Å². The van der Waals surface area contributed by atoms with E-state index >= 15 is 0 Å². The van der Waals surface area contributed by atoms with Crippen LogP contribution in [0.15, 0.2) is 28.7 Å². The SMILES string of the molecule is CC1(CN)CCN(C(=O)c2ccc(Br)cc2)C1. The first-order valence-corrected chi connectivity index (χ1v) is 6.58. The molecule has 1 aliphatic rings. The zero-order valence-electron chi connectivity index (χ0n) is 9.95. The molecule has 1 aliphatic heterocycles. The van der Waals surface area contributed by atoms with Crippen LogP contribution in [0.25, 0.3) is 0 Å². The van der Waals surface area contributed by atoms with Crippen LogP contribution in [0.4, 0.5) is 0 Å². The number of likely N-dealkylation sites (tertiary alicyclic amines) is 1. The number of carbonyl (C=O) groups excluding carboxylic acids is 1. The van der Waals surface area contributed by atoms with Crippen LogP contribution >= 0.6 is 15.9 Å². The molecule has 1 amide bonds. The summed E-state index contributed by atoms with van der Waals surface area (Å²) in [5, 5.41) is 0. The van der Waals surface area contributed by atoms with Gasteiger partial charge in [0.05, 0.1) is 0 Å². The number of hydrogen-bond acceptors (Lipinski definition) is 2. The minimum atomic E-state index is 0.0883. The Labute approximate surface area is 110 Å². The van der Waals surface area contributed by atoms with E-state index in [4.69, 9.17) is 5.73 Å². The van der Waals surface area contributed by atoms with Crippen LogP contribution < -0.4 is 5.73 Å². The second-order valence-corrected chi connectivity index (χ2v) is 5.91. The molecule has 2 N–H and O–H groups in total. The summed E-state index contributed by atoms with van der Waals surface area (Å²) in [6, 6.07) is 7.49. The third kappa shape index (κ3) is 2.69. The molecule has 92 valence electrons. The van der Waals surface area contributed by atoms with E-state index in [0.29, 0.717) is 6.54 Å². The Morgan fingerprint density at radius 3 is 2.65 bits per heavy atom. The number of rotatable bonds is 2. The highest BCUT2D eigenvalue weighted by atomic mass is 79.9. The molecular weight excluding hydrogens is 280 g/mol. The normalized spacial score (nSPS) is 24.1. The van der Waals surface area contributed by atoms with Gasteiger partial charge in [0.1, 0.15) is 0 Å². The van der Waals surface area contributed by atoms with Gasteiger partial charge in [-0.15, -0.1) is 0 Å². The number of amides is 1. The molecule has 1 heterocycles. The van der Waals surface area contributed by atoms with E-state index in [9.17, 15) is 4.79 Å². The quantitative estimate of drug-likeness (QED) is 0.910. The van der Waals surface area contributed by atoms with E-state index in [1.807, 2.05) is 29.2 Å². The molecule has 1 atom stereocenters. The van der Waals surface area contributed by atoms with Gasteiger partial charge in [-0.3, -0.25) is 4.79 Å². The molecule has 3 nitrogen and oxygen atoms in total. The molecule has 0 aliphatic carbocycles. The minimum Gasteiger partial charge on any atom is -0.338 e. The fourth-order valence-electron chi connectivity index (χ4n) is 2.14. The van der Waals surface area contributed by atoms with Gasteiger partial charge in [0.15, 0.2) is 0 Å². The van der Waals surface area contributed by atoms with Gasteiger partial charge in [0, 0.05) is 23.1 Å². The fraction of sp³-hybridized carbons (Fsp3) is 0.462. The van der Waals surface area contributed by atoms with Gasteiger partial charge in [-0.2, -0.15) is 0 Å². The summed E-state index contributed by atoms with van der Waals surface area (Å²) in [6.45, 7) is 4.35. The highest BCUT2D eigenvalue weighted by molar-refractivity contribution is 9.10. The molecule has 1 saturated heterocycles. The van der Waals surface area contributed by atoms with E-state index in [1.54, 1.807) is 0 Å². The summed E-state index contributed by atoms with van der Waals surface area (Å²) in [6.07, 6.45) is 0.992. The maximum Gasteiger partial charge on any atom is 0.253 e. The molecule has 1 unspecified atom stereocenters. The summed E-state index contributed by atoms with van der Waals surface area (Å²) < 4.78 is 0.988. The third-order valence-electron chi connectivity index (χ3n) is 3.43. The third-order valence-corrected chi connectivity index (χ3v) is 3.96. The van der Waals surface area contributed by atoms with E-state index in [0.717, 1.165) is 29.5 Å². The average Bonchev–Trinajstić information content (AvgIpc) is 2.73. The monoisotopic (exact) mass is 296 g/mol. The maximum absolute atomic E-state index is 12.2. The highest BCUT2D eigenvalue weighted by Crippen LogP contribution is 2.29. The minimum absolute atomic E-state index is 0.0883. The zero-order chi connectivity index (χ0) is 12.5. The van der Waals surface area contributed by atoms with Crippen molar-refractivity contribution >= 4 is 21.8 Å². The molecule has 0 spiro atoms. The lowest BCUT2D eigenvalue weighted by molar-refractivity contribution is 0.0777. The lowest BCUT2D eigenvalue weighted by atomic mass is 9.90. The first kappa shape index (κ1) is 12.6. The van der Waals surface area contributed by atoms with Crippen molar-refractivity contribution in [1.82, 2.24) is 4.90 Å². The van der Waals surface area contributed by atoms with Gasteiger partial charge in [-0.1, -0.05) is 22.9 Å². The van der Waals surface area contributed by atoms with Gasteiger partial charge in [0.25, 0.3) is 5.91 Å². The fourth-order valence-corrected chi connectivity index (χ4v) is 2.40. The number of nitrogens with two attached hydrogens (primary N) is 1. The average molecular weight is 297 g/mol. The van der Waals surface area contributed by atoms with Gasteiger partial charge < -0.3 is 10.6 Å². The number of hydrogen-bond donors (Lipinski definition) is 1. The second kappa shape index (κ2) is 4.78. The number of halogens is 1. The number of nitrogens with zero attached hydrogens (tertiary/aromatic N) is 1. The molecule has 2 rings (SSSR count). The number of benzene rings is 1. The number of carbonyl (C=O) groups is 1. The lowest BCUT2D eigenvalue weighted by Gasteiger charge is -2.22. The van der Waals surface area contributed by atoms with Crippen LogP contribution in [0, 0.1) is 5.41 Å². The lowest BCUT2D eigenvalue weighted by Crippen LogP contribution is -2.34. The molecule has 17 heavy (non-hydrogen) atoms. The van der Waals surface area contributed by atoms with E-state index in [2.05, 4.69) is 22.9 Å². The van der Waals surface area contributed by atoms with Crippen LogP contribution in [-0.2, 0) is 0 Å². The van der Waals surface area contributed by atoms with Crippen molar-refractivity contribution in [1.29, 1.82) is 0 Å². The van der Waals surface area contributed by atoms with Crippen molar-refractivity contribution in [3.8, 4) is 0 Å². The van der Waals surface area contributed by atoms with Crippen molar-refractivity contribution in [2.24, 2.45) is 11.1 Å². The van der Waals surface area contributed by atoms with Crippen LogP contribution in [0.1, 0.15) is 23.7 Å². The summed E-state index contributed by atoms with van der Waals surface area (Å²) >= 11 is 3.37. The predicted molar refractivity (Wildman–Crippen MR) is 71.8 cm³/mol. The van der Waals surface area contributed by atoms with Crippen molar-refractivity contribution in [2.75, 3.05) is 19.6 Å². The summed E-state index contributed by atoms with van der Waals surface area (Å²) in [4.78, 5) is 14.1. The van der Waals surface area contributed by atoms with Gasteiger partial charge in [-0.25, -0.2) is 0 Å². The predicted octanol–water partition coefficient (Wildman–Crippen LogP) is 2.26. The van der Waals surface area contributed by atoms with E-state index in [1.165, 1.54) is 0 Å². The molecule has 0 saturated carbocycles. The summed E-state index contributed by atoms with van der Waals surface area (Å²) in [5.74, 6) is 0.106. The van der Waals surface area contributed by atoms with E-state index < -0.39 is 0 Å². The van der Waals surface area contributed by atoms with Crippen LogP contribution in [0.5, 0.6) is 0 Å². The molecular formula is C13H17BrN2O. The van der Waals surface area contributed by atoms with Crippen LogP contribution in [-0.4, -0.2) is 30.4 Å². The Kier molecular flexibility index (Phi) is 3.54. The Morgan fingerprint density at radius 1 is 1.47 bits per heavy atom. The Balaban J connectivity index is 2.09. The van der Waals surface area contributed by atoms with E-state index in [-0.39, 0.29) is 11.3 Å². The Hall–Kier alpha value is -0.870. The van der Waals surface area contributed by atoms with Crippen LogP contribution in [0.2, 0.25) is 0 Å². The standard InChI is InChI=1S/C13H17BrN2O/c1-13(8-15)6-7-16(9-13)12(17)10-2-4-11(14)5-3-10/h2-5H,6-9,15H2,1H3. The van der Waals surface area contributed by atoms with Gasteiger partial charge >= 0.3 is 0 Å². The molecule has 1 aromatic carbocycles. The molecule has 1 aromatic rings. The Bertz CT molecular complexity index is 418. The highest BCUT2D eigenvalue weighted by Gasteiger charge is 2.35. The smallest absolute Gasteiger partial charge is 0.253 e. The molecule has 0 aromatic heterocycles. The summed E-state index contributed by atoms with van der Waals surface area (Å²) in [5.41, 5.74) is 6.58. The van der Waals surface area contributed by atoms with Crippen molar-refractivity contribution in [2.45, 2.75) is 13.3 Å². The zero-order valence-corrected chi connectivity index (χ0v) is 11.5. The molecule has 0 bridgehead atoms. The Morgan fingerprint density at radius 2 is 2.12 bits per heavy atom. The maximum atomic E-state index is 12.2. The van der Waals surface area contributed by atoms with Gasteiger partial charge in [-0.05, 0) is 42.6 Å². The molecule has 4 heteroatoms. The largest absolute Gasteiger partial charge is 0.338 e. The first-order chi connectivity index (χ1) is 8.04. The van der Waals surface area contributed by atoms with Crippen molar-refractivity contribution < 1.29 is 4.79 Å². The topological polar surface area (TPSA) is 46.3 Å². The van der Waals surface area contributed by atoms with Crippen molar-refractivity contribution in [3.05, 3.63) is 34.3 Å². The van der Waals surface area contributed by atoms with Crippen LogP contribution in [0.3, 0.4) is 0 Å².